The van der Waals surface area contributed by atoms with Gasteiger partial charge < -0.3 is 19.9 Å². The molecule has 0 saturated heterocycles. The molecular weight excluding hydrogens is 274 g/mol. The van der Waals surface area contributed by atoms with Crippen LogP contribution in [0.1, 0.15) is 24.2 Å². The molecular formula is C15H21NO5. The van der Waals surface area contributed by atoms with Gasteiger partial charge >= 0.3 is 5.97 Å². The molecule has 0 bridgehead atoms. The highest BCUT2D eigenvalue weighted by atomic mass is 16.5. The molecule has 0 aliphatic heterocycles. The van der Waals surface area contributed by atoms with Gasteiger partial charge in [0.2, 0.25) is 0 Å². The molecule has 0 radical (unpaired) electrons. The first-order valence-corrected chi connectivity index (χ1v) is 6.69. The van der Waals surface area contributed by atoms with E-state index in [4.69, 9.17) is 14.6 Å². The van der Waals surface area contributed by atoms with Crippen molar-refractivity contribution in [2.75, 3.05) is 20.3 Å². The molecule has 2 N–H and O–H groups in total. The first-order valence-electron chi connectivity index (χ1n) is 6.69. The molecule has 0 aliphatic carbocycles. The molecule has 1 unspecified atom stereocenters. The Morgan fingerprint density at radius 1 is 1.19 bits per heavy atom. The summed E-state index contributed by atoms with van der Waals surface area (Å²) in [5, 5.41) is 11.4. The summed E-state index contributed by atoms with van der Waals surface area (Å²) < 4.78 is 10.3. The number of benzene rings is 1. The van der Waals surface area contributed by atoms with E-state index in [0.29, 0.717) is 23.8 Å². The number of rotatable bonds is 8. The van der Waals surface area contributed by atoms with E-state index in [2.05, 4.69) is 5.32 Å². The number of carbonyl (C=O) groups excluding carboxylic acids is 1. The lowest BCUT2D eigenvalue weighted by Crippen LogP contribution is -2.43. The van der Waals surface area contributed by atoms with E-state index in [0.717, 1.165) is 0 Å². The molecule has 0 saturated carbocycles. The van der Waals surface area contributed by atoms with E-state index >= 15 is 0 Å². The van der Waals surface area contributed by atoms with Gasteiger partial charge in [-0.25, -0.2) is 4.79 Å². The lowest BCUT2D eigenvalue weighted by Gasteiger charge is -2.14. The summed E-state index contributed by atoms with van der Waals surface area (Å²) in [4.78, 5) is 22.9. The Kier molecular flexibility index (Phi) is 6.68. The minimum absolute atomic E-state index is 0.0867. The zero-order valence-corrected chi connectivity index (χ0v) is 12.5. The number of carbonyl (C=O) groups is 2. The maximum Gasteiger partial charge on any atom is 0.328 e. The molecule has 1 aromatic rings. The van der Waals surface area contributed by atoms with Crippen LogP contribution in [0.4, 0.5) is 0 Å². The van der Waals surface area contributed by atoms with E-state index in [1.807, 2.05) is 13.8 Å². The van der Waals surface area contributed by atoms with Crippen LogP contribution in [0.3, 0.4) is 0 Å². The third-order valence-electron chi connectivity index (χ3n) is 2.64. The summed E-state index contributed by atoms with van der Waals surface area (Å²) >= 11 is 0. The molecule has 1 amide bonds. The first-order chi connectivity index (χ1) is 9.93. The van der Waals surface area contributed by atoms with Crippen molar-refractivity contribution < 1.29 is 24.2 Å². The Labute approximate surface area is 124 Å². The normalized spacial score (nSPS) is 12.0. The van der Waals surface area contributed by atoms with Crippen LogP contribution in [0.15, 0.2) is 24.3 Å². The Bertz CT molecular complexity index is 469. The van der Waals surface area contributed by atoms with Crippen molar-refractivity contribution in [1.29, 1.82) is 0 Å². The van der Waals surface area contributed by atoms with Crippen LogP contribution in [-0.2, 0) is 9.53 Å². The van der Waals surface area contributed by atoms with Crippen LogP contribution in [0, 0.1) is 5.92 Å². The molecule has 6 heteroatoms. The standard InChI is InChI=1S/C15H21NO5/c1-10(2)8-21-12-6-4-11(5-7-12)14(17)16-13(9-20-3)15(18)19/h4-7,10,13H,8-9H2,1-3H3,(H,16,17)(H,18,19). The quantitative estimate of drug-likeness (QED) is 0.760. The SMILES string of the molecule is COCC(NC(=O)c1ccc(OCC(C)C)cc1)C(=O)O. The summed E-state index contributed by atoms with van der Waals surface area (Å²) in [7, 11) is 1.38. The average Bonchev–Trinajstić information content (AvgIpc) is 2.45. The third kappa shape index (κ3) is 5.83. The molecule has 0 aromatic heterocycles. The van der Waals surface area contributed by atoms with Crippen molar-refractivity contribution in [3.05, 3.63) is 29.8 Å². The largest absolute Gasteiger partial charge is 0.493 e. The zero-order valence-electron chi connectivity index (χ0n) is 12.5. The lowest BCUT2D eigenvalue weighted by molar-refractivity contribution is -0.140. The van der Waals surface area contributed by atoms with Crippen LogP contribution in [0.25, 0.3) is 0 Å². The summed E-state index contributed by atoms with van der Waals surface area (Å²) in [6.07, 6.45) is 0. The molecule has 6 nitrogen and oxygen atoms in total. The summed E-state index contributed by atoms with van der Waals surface area (Å²) in [6.45, 7) is 4.60. The summed E-state index contributed by atoms with van der Waals surface area (Å²) in [5.41, 5.74) is 0.370. The van der Waals surface area contributed by atoms with E-state index in [9.17, 15) is 9.59 Å². The number of carboxylic acid groups (broad SMARTS) is 1. The Morgan fingerprint density at radius 3 is 2.29 bits per heavy atom. The first kappa shape index (κ1) is 17.0. The van der Waals surface area contributed by atoms with Crippen LogP contribution in [0.2, 0.25) is 0 Å². The Morgan fingerprint density at radius 2 is 1.81 bits per heavy atom. The van der Waals surface area contributed by atoms with Crippen molar-refractivity contribution in [2.24, 2.45) is 5.92 Å². The second kappa shape index (κ2) is 8.26. The number of carboxylic acids is 1. The number of ether oxygens (including phenoxy) is 2. The molecule has 1 atom stereocenters. The van der Waals surface area contributed by atoms with Crippen molar-refractivity contribution in [3.8, 4) is 5.75 Å². The molecule has 0 spiro atoms. The molecule has 116 valence electrons. The summed E-state index contributed by atoms with van der Waals surface area (Å²) in [6, 6.07) is 5.49. The summed E-state index contributed by atoms with van der Waals surface area (Å²) in [5.74, 6) is -0.512. The van der Waals surface area contributed by atoms with Gasteiger partial charge in [-0.15, -0.1) is 0 Å². The monoisotopic (exact) mass is 295 g/mol. The van der Waals surface area contributed by atoms with Crippen LogP contribution >= 0.6 is 0 Å². The van der Waals surface area contributed by atoms with Gasteiger partial charge in [0.15, 0.2) is 6.04 Å². The van der Waals surface area contributed by atoms with Gasteiger partial charge in [-0.1, -0.05) is 13.8 Å². The van der Waals surface area contributed by atoms with E-state index in [-0.39, 0.29) is 6.61 Å². The highest BCUT2D eigenvalue weighted by Crippen LogP contribution is 2.13. The Hall–Kier alpha value is -2.08. The van der Waals surface area contributed by atoms with E-state index in [1.54, 1.807) is 24.3 Å². The predicted octanol–water partition coefficient (Wildman–Crippen LogP) is 1.55. The van der Waals surface area contributed by atoms with Gasteiger partial charge in [0.25, 0.3) is 5.91 Å². The maximum absolute atomic E-state index is 11.9. The van der Waals surface area contributed by atoms with E-state index < -0.39 is 17.9 Å². The third-order valence-corrected chi connectivity index (χ3v) is 2.64. The van der Waals surface area contributed by atoms with Crippen molar-refractivity contribution in [3.63, 3.8) is 0 Å². The fraction of sp³-hybridized carbons (Fsp3) is 0.467. The molecule has 0 aliphatic rings. The predicted molar refractivity (Wildman–Crippen MR) is 77.5 cm³/mol. The van der Waals surface area contributed by atoms with Gasteiger partial charge in [-0.2, -0.15) is 0 Å². The maximum atomic E-state index is 11.9. The van der Waals surface area contributed by atoms with Crippen LogP contribution < -0.4 is 10.1 Å². The van der Waals surface area contributed by atoms with Crippen molar-refractivity contribution in [2.45, 2.75) is 19.9 Å². The van der Waals surface area contributed by atoms with Crippen molar-refractivity contribution in [1.82, 2.24) is 5.32 Å². The lowest BCUT2D eigenvalue weighted by atomic mass is 10.2. The highest BCUT2D eigenvalue weighted by molar-refractivity contribution is 5.96. The smallest absolute Gasteiger partial charge is 0.328 e. The van der Waals surface area contributed by atoms with Gasteiger partial charge in [-0.05, 0) is 30.2 Å². The molecule has 0 heterocycles. The zero-order chi connectivity index (χ0) is 15.8. The number of aliphatic carboxylic acids is 1. The van der Waals surface area contributed by atoms with Gasteiger partial charge in [-0.3, -0.25) is 4.79 Å². The Balaban J connectivity index is 2.63. The molecule has 1 rings (SSSR count). The van der Waals surface area contributed by atoms with Gasteiger partial charge in [0.1, 0.15) is 5.75 Å². The van der Waals surface area contributed by atoms with E-state index in [1.165, 1.54) is 7.11 Å². The van der Waals surface area contributed by atoms with Gasteiger partial charge in [0.05, 0.1) is 13.2 Å². The van der Waals surface area contributed by atoms with Gasteiger partial charge in [0, 0.05) is 12.7 Å². The topological polar surface area (TPSA) is 84.9 Å². The second-order valence-electron chi connectivity index (χ2n) is 5.05. The molecule has 21 heavy (non-hydrogen) atoms. The number of hydrogen-bond acceptors (Lipinski definition) is 4. The minimum atomic E-state index is -1.14. The highest BCUT2D eigenvalue weighted by Gasteiger charge is 2.20. The minimum Gasteiger partial charge on any atom is -0.493 e. The van der Waals surface area contributed by atoms with Crippen molar-refractivity contribution >= 4 is 11.9 Å². The van der Waals surface area contributed by atoms with Crippen LogP contribution in [0.5, 0.6) is 5.75 Å². The number of hydrogen-bond donors (Lipinski definition) is 2. The number of amides is 1. The molecule has 1 aromatic carbocycles. The average molecular weight is 295 g/mol. The van der Waals surface area contributed by atoms with Crippen LogP contribution in [-0.4, -0.2) is 43.3 Å². The fourth-order valence-electron chi connectivity index (χ4n) is 1.55. The fourth-order valence-corrected chi connectivity index (χ4v) is 1.55. The second-order valence-corrected chi connectivity index (χ2v) is 5.05. The number of methoxy groups -OCH3 is 1. The molecule has 0 fully saturated rings. The number of nitrogens with one attached hydrogen (secondary N) is 1.